The second-order valence-corrected chi connectivity index (χ2v) is 7.90. The zero-order valence-corrected chi connectivity index (χ0v) is 16.6. The van der Waals surface area contributed by atoms with Crippen LogP contribution in [0.2, 0.25) is 0 Å². The van der Waals surface area contributed by atoms with Crippen molar-refractivity contribution in [3.63, 3.8) is 0 Å². The van der Waals surface area contributed by atoms with Gasteiger partial charge in [0.25, 0.3) is 0 Å². The number of nitrogens with one attached hydrogen (secondary N) is 1. The smallest absolute Gasteiger partial charge is 0.321 e. The van der Waals surface area contributed by atoms with Crippen molar-refractivity contribution in [1.82, 2.24) is 29.5 Å². The predicted octanol–water partition coefficient (Wildman–Crippen LogP) is 4.14. The zero-order chi connectivity index (χ0) is 21.0. The Morgan fingerprint density at radius 2 is 1.90 bits per heavy atom. The maximum Gasteiger partial charge on any atom is 0.419 e. The normalized spacial score (nSPS) is 15.0. The molecule has 0 spiro atoms. The monoisotopic (exact) mass is 405 g/mol. The Morgan fingerprint density at radius 1 is 1.17 bits per heavy atom. The van der Waals surface area contributed by atoms with Gasteiger partial charge in [-0.05, 0) is 39.7 Å². The average molecular weight is 405 g/mol. The first-order valence-corrected chi connectivity index (χ1v) is 9.33. The third kappa shape index (κ3) is 3.70. The lowest BCUT2D eigenvalue weighted by Crippen LogP contribution is -2.29. The van der Waals surface area contributed by atoms with Gasteiger partial charge in [0.05, 0.1) is 28.3 Å². The van der Waals surface area contributed by atoms with Crippen LogP contribution in [0.25, 0.3) is 0 Å². The molecule has 0 bridgehead atoms. The molecule has 1 N–H and O–H groups in total. The number of hydrogen-bond acceptors (Lipinski definition) is 5. The summed E-state index contributed by atoms with van der Waals surface area (Å²) in [6.45, 7) is 5.80. The molecule has 0 aromatic carbocycles. The van der Waals surface area contributed by atoms with Crippen LogP contribution in [0.3, 0.4) is 0 Å². The van der Waals surface area contributed by atoms with Crippen molar-refractivity contribution in [3.05, 3.63) is 47.3 Å². The Balaban J connectivity index is 1.63. The van der Waals surface area contributed by atoms with E-state index in [9.17, 15) is 13.2 Å². The van der Waals surface area contributed by atoms with Crippen LogP contribution in [0.15, 0.2) is 24.7 Å². The molecule has 0 radical (unpaired) electrons. The fourth-order valence-corrected chi connectivity index (χ4v) is 3.19. The molecular weight excluding hydrogens is 383 g/mol. The number of alkyl halides is 3. The summed E-state index contributed by atoms with van der Waals surface area (Å²) in [5.74, 6) is -0.0136. The molecule has 1 saturated carbocycles. The number of halogens is 3. The summed E-state index contributed by atoms with van der Waals surface area (Å²) < 4.78 is 43.2. The molecule has 1 aliphatic carbocycles. The topological polar surface area (TPSA) is 73.5 Å². The summed E-state index contributed by atoms with van der Waals surface area (Å²) in [6.07, 6.45) is 1.50. The van der Waals surface area contributed by atoms with Crippen LogP contribution in [0, 0.1) is 6.92 Å². The molecule has 1 aliphatic rings. The van der Waals surface area contributed by atoms with Crippen LogP contribution in [0.1, 0.15) is 55.3 Å². The molecule has 154 valence electrons. The molecule has 0 aliphatic heterocycles. The first kappa shape index (κ1) is 19.4. The summed E-state index contributed by atoms with van der Waals surface area (Å²) in [7, 11) is 1.85. The number of rotatable bonds is 5. The van der Waals surface area contributed by atoms with Gasteiger partial charge in [-0.25, -0.2) is 9.97 Å². The summed E-state index contributed by atoms with van der Waals surface area (Å²) in [6, 6.07) is 1.92. The number of nitrogens with zero attached hydrogens (tertiary/aromatic N) is 6. The summed E-state index contributed by atoms with van der Waals surface area (Å²) >= 11 is 0. The minimum Gasteiger partial charge on any atom is -0.321 e. The van der Waals surface area contributed by atoms with Crippen molar-refractivity contribution >= 4 is 11.6 Å². The zero-order valence-electron chi connectivity index (χ0n) is 16.6. The lowest BCUT2D eigenvalue weighted by atomic mass is 10.0. The molecule has 7 nitrogen and oxygen atoms in total. The van der Waals surface area contributed by atoms with Crippen molar-refractivity contribution in [2.24, 2.45) is 7.05 Å². The SMILES string of the molecule is Cc1nn(C(C)(C)c2ccn(C)n2)cc1Nc1ncc(C(F)(F)F)c(C2CC2)n1. The Kier molecular flexibility index (Phi) is 4.39. The van der Waals surface area contributed by atoms with E-state index in [1.807, 2.05) is 40.1 Å². The first-order chi connectivity index (χ1) is 13.6. The van der Waals surface area contributed by atoms with Crippen LogP contribution >= 0.6 is 0 Å². The average Bonchev–Trinajstić information content (AvgIpc) is 3.29. The van der Waals surface area contributed by atoms with Gasteiger partial charge in [-0.2, -0.15) is 23.4 Å². The second kappa shape index (κ2) is 6.57. The van der Waals surface area contributed by atoms with Gasteiger partial charge in [-0.15, -0.1) is 0 Å². The molecule has 0 unspecified atom stereocenters. The molecule has 1 fully saturated rings. The largest absolute Gasteiger partial charge is 0.419 e. The minimum absolute atomic E-state index is 0.0638. The molecule has 0 saturated heterocycles. The van der Waals surface area contributed by atoms with Gasteiger partial charge in [0.15, 0.2) is 0 Å². The van der Waals surface area contributed by atoms with E-state index < -0.39 is 17.3 Å². The van der Waals surface area contributed by atoms with Gasteiger partial charge in [-0.1, -0.05) is 0 Å². The lowest BCUT2D eigenvalue weighted by molar-refractivity contribution is -0.138. The highest BCUT2D eigenvalue weighted by molar-refractivity contribution is 5.55. The molecule has 10 heteroatoms. The van der Waals surface area contributed by atoms with Gasteiger partial charge in [0, 0.05) is 31.6 Å². The summed E-state index contributed by atoms with van der Waals surface area (Å²) in [4.78, 5) is 8.07. The van der Waals surface area contributed by atoms with Crippen LogP contribution in [0.4, 0.5) is 24.8 Å². The molecule has 29 heavy (non-hydrogen) atoms. The molecule has 3 aromatic rings. The van der Waals surface area contributed by atoms with E-state index in [4.69, 9.17) is 0 Å². The molecular formula is C19H22F3N7. The van der Waals surface area contributed by atoms with Crippen LogP contribution < -0.4 is 5.32 Å². The Morgan fingerprint density at radius 3 is 2.48 bits per heavy atom. The number of aromatic nitrogens is 6. The third-order valence-electron chi connectivity index (χ3n) is 5.15. The maximum absolute atomic E-state index is 13.2. The van der Waals surface area contributed by atoms with Crippen molar-refractivity contribution in [2.75, 3.05) is 5.32 Å². The van der Waals surface area contributed by atoms with Gasteiger partial charge >= 0.3 is 6.18 Å². The standard InChI is InChI=1S/C19H22F3N7/c1-11-14(10-29(26-11)18(2,3)15-7-8-28(4)27-15)24-17-23-9-13(19(20,21)22)16(25-17)12-5-6-12/h7-10,12H,5-6H2,1-4H3,(H,23,24,25). The fraction of sp³-hybridized carbons (Fsp3) is 0.474. The predicted molar refractivity (Wildman–Crippen MR) is 101 cm³/mol. The van der Waals surface area contributed by atoms with Gasteiger partial charge in [-0.3, -0.25) is 9.36 Å². The second-order valence-electron chi connectivity index (χ2n) is 7.90. The molecule has 0 amide bonds. The minimum atomic E-state index is -4.45. The lowest BCUT2D eigenvalue weighted by Gasteiger charge is -2.23. The number of anilines is 2. The van der Waals surface area contributed by atoms with E-state index >= 15 is 0 Å². The Hall–Kier alpha value is -2.91. The van der Waals surface area contributed by atoms with Gasteiger partial charge in [0.1, 0.15) is 5.54 Å². The third-order valence-corrected chi connectivity index (χ3v) is 5.15. The molecule has 3 aromatic heterocycles. The highest BCUT2D eigenvalue weighted by Gasteiger charge is 2.40. The number of hydrogen-bond donors (Lipinski definition) is 1. The Bertz CT molecular complexity index is 1040. The highest BCUT2D eigenvalue weighted by atomic mass is 19.4. The van der Waals surface area contributed by atoms with Gasteiger partial charge in [0.2, 0.25) is 5.95 Å². The first-order valence-electron chi connectivity index (χ1n) is 9.33. The summed E-state index contributed by atoms with van der Waals surface area (Å²) in [5.41, 5.74) is 0.964. The molecule has 0 atom stereocenters. The van der Waals surface area contributed by atoms with Crippen LogP contribution in [-0.4, -0.2) is 29.5 Å². The molecule has 4 rings (SSSR count). The summed E-state index contributed by atoms with van der Waals surface area (Å²) in [5, 5.41) is 12.0. The van der Waals surface area contributed by atoms with E-state index in [1.54, 1.807) is 15.6 Å². The van der Waals surface area contributed by atoms with E-state index in [0.717, 1.165) is 24.7 Å². The fourth-order valence-electron chi connectivity index (χ4n) is 3.19. The van der Waals surface area contributed by atoms with E-state index in [2.05, 4.69) is 25.5 Å². The van der Waals surface area contributed by atoms with Crippen molar-refractivity contribution in [1.29, 1.82) is 0 Å². The number of aryl methyl sites for hydroxylation is 2. The highest BCUT2D eigenvalue weighted by Crippen LogP contribution is 2.45. The Labute approximate surface area is 166 Å². The molecule has 3 heterocycles. The van der Waals surface area contributed by atoms with E-state index in [-0.39, 0.29) is 17.6 Å². The van der Waals surface area contributed by atoms with Crippen LogP contribution in [0.5, 0.6) is 0 Å². The van der Waals surface area contributed by atoms with Crippen LogP contribution in [-0.2, 0) is 18.8 Å². The van der Waals surface area contributed by atoms with E-state index in [0.29, 0.717) is 11.4 Å². The quantitative estimate of drug-likeness (QED) is 0.691. The van der Waals surface area contributed by atoms with E-state index in [1.165, 1.54) is 0 Å². The van der Waals surface area contributed by atoms with Gasteiger partial charge < -0.3 is 5.32 Å². The van der Waals surface area contributed by atoms with Crippen molar-refractivity contribution in [3.8, 4) is 0 Å². The van der Waals surface area contributed by atoms with Crippen molar-refractivity contribution < 1.29 is 13.2 Å². The van der Waals surface area contributed by atoms with Crippen molar-refractivity contribution in [2.45, 2.75) is 51.2 Å². The maximum atomic E-state index is 13.2.